The normalized spacial score (nSPS) is 12.3. The van der Waals surface area contributed by atoms with Crippen molar-refractivity contribution in [3.8, 4) is 0 Å². The SMILES string of the molecule is CN=C(NCCCOCC(C)C)NCc1ccc(S(=O)(=O)N(C)C)s1.I. The van der Waals surface area contributed by atoms with Crippen LogP contribution in [0.4, 0.5) is 0 Å². The molecule has 0 atom stereocenters. The third-order valence-electron chi connectivity index (χ3n) is 3.23. The minimum atomic E-state index is -3.37. The van der Waals surface area contributed by atoms with Crippen LogP contribution in [-0.2, 0) is 21.3 Å². The van der Waals surface area contributed by atoms with E-state index >= 15 is 0 Å². The molecule has 0 fully saturated rings. The van der Waals surface area contributed by atoms with Gasteiger partial charge in [-0.05, 0) is 24.5 Å². The standard InChI is InChI=1S/C16H30N4O3S2.HI/c1-13(2)12-23-10-6-9-18-16(17-3)19-11-14-7-8-15(24-14)25(21,22)20(4)5;/h7-8,13H,6,9-12H2,1-5H3,(H2,17,18,19);1H. The van der Waals surface area contributed by atoms with Crippen LogP contribution in [0.15, 0.2) is 21.3 Å². The predicted octanol–water partition coefficient (Wildman–Crippen LogP) is 2.34. The summed E-state index contributed by atoms with van der Waals surface area (Å²) in [5, 5.41) is 6.41. The van der Waals surface area contributed by atoms with Crippen LogP contribution in [0.25, 0.3) is 0 Å². The Kier molecular flexibility index (Phi) is 12.7. The van der Waals surface area contributed by atoms with E-state index in [-0.39, 0.29) is 24.0 Å². The van der Waals surface area contributed by atoms with Gasteiger partial charge in [-0.15, -0.1) is 35.3 Å². The molecule has 0 aliphatic rings. The average molecular weight is 518 g/mol. The maximum Gasteiger partial charge on any atom is 0.252 e. The third-order valence-corrected chi connectivity index (χ3v) is 6.60. The summed E-state index contributed by atoms with van der Waals surface area (Å²) < 4.78 is 31.3. The van der Waals surface area contributed by atoms with Crippen molar-refractivity contribution in [1.29, 1.82) is 0 Å². The van der Waals surface area contributed by atoms with Crippen molar-refractivity contribution in [2.75, 3.05) is 40.9 Å². The average Bonchev–Trinajstić information content (AvgIpc) is 3.02. The molecule has 0 aliphatic heterocycles. The number of ether oxygens (including phenoxy) is 1. The highest BCUT2D eigenvalue weighted by atomic mass is 127. The van der Waals surface area contributed by atoms with E-state index in [0.717, 1.165) is 31.1 Å². The van der Waals surface area contributed by atoms with Crippen LogP contribution in [0.2, 0.25) is 0 Å². The maximum absolute atomic E-state index is 12.1. The molecule has 10 heteroatoms. The molecule has 0 radical (unpaired) electrons. The molecule has 1 aromatic rings. The van der Waals surface area contributed by atoms with Gasteiger partial charge in [0, 0.05) is 45.8 Å². The van der Waals surface area contributed by atoms with Gasteiger partial charge in [0.25, 0.3) is 10.0 Å². The molecule has 0 saturated carbocycles. The number of guanidine groups is 1. The van der Waals surface area contributed by atoms with Gasteiger partial charge in [0.2, 0.25) is 0 Å². The Morgan fingerprint density at radius 1 is 1.31 bits per heavy atom. The monoisotopic (exact) mass is 518 g/mol. The first-order valence-corrected chi connectivity index (χ1v) is 10.6. The quantitative estimate of drug-likeness (QED) is 0.215. The van der Waals surface area contributed by atoms with Crippen LogP contribution in [0.1, 0.15) is 25.1 Å². The molecule has 0 aromatic carbocycles. The molecule has 7 nitrogen and oxygen atoms in total. The lowest BCUT2D eigenvalue weighted by Gasteiger charge is -2.12. The number of hydrogen-bond acceptors (Lipinski definition) is 5. The Morgan fingerprint density at radius 2 is 2.00 bits per heavy atom. The molecule has 1 aromatic heterocycles. The molecular formula is C16H31IN4O3S2. The van der Waals surface area contributed by atoms with E-state index in [9.17, 15) is 8.42 Å². The van der Waals surface area contributed by atoms with Gasteiger partial charge in [-0.2, -0.15) is 0 Å². The number of nitrogens with zero attached hydrogens (tertiary/aromatic N) is 2. The van der Waals surface area contributed by atoms with E-state index in [0.29, 0.717) is 22.6 Å². The molecule has 0 unspecified atom stereocenters. The molecule has 1 heterocycles. The first-order valence-electron chi connectivity index (χ1n) is 8.31. The molecule has 26 heavy (non-hydrogen) atoms. The van der Waals surface area contributed by atoms with Gasteiger partial charge in [-0.1, -0.05) is 13.8 Å². The number of halogens is 1. The number of nitrogens with one attached hydrogen (secondary N) is 2. The van der Waals surface area contributed by atoms with E-state index in [1.54, 1.807) is 13.1 Å². The van der Waals surface area contributed by atoms with Crippen LogP contribution in [0.3, 0.4) is 0 Å². The summed E-state index contributed by atoms with van der Waals surface area (Å²) in [6.07, 6.45) is 0.900. The lowest BCUT2D eigenvalue weighted by atomic mass is 10.2. The molecule has 152 valence electrons. The van der Waals surface area contributed by atoms with Gasteiger partial charge in [0.15, 0.2) is 5.96 Å². The highest BCUT2D eigenvalue weighted by molar-refractivity contribution is 14.0. The summed E-state index contributed by atoms with van der Waals surface area (Å²) in [6, 6.07) is 3.46. The molecule has 2 N–H and O–H groups in total. The second-order valence-electron chi connectivity index (χ2n) is 6.18. The van der Waals surface area contributed by atoms with Crippen molar-refractivity contribution in [2.24, 2.45) is 10.9 Å². The lowest BCUT2D eigenvalue weighted by Crippen LogP contribution is -2.37. The molecule has 0 aliphatic carbocycles. The summed E-state index contributed by atoms with van der Waals surface area (Å²) in [4.78, 5) is 5.10. The Hall–Kier alpha value is -0.430. The van der Waals surface area contributed by atoms with E-state index in [1.165, 1.54) is 29.7 Å². The van der Waals surface area contributed by atoms with Crippen LogP contribution >= 0.6 is 35.3 Å². The zero-order valence-electron chi connectivity index (χ0n) is 16.1. The first kappa shape index (κ1) is 25.6. The van der Waals surface area contributed by atoms with Crippen LogP contribution in [0.5, 0.6) is 0 Å². The Balaban J connectivity index is 0.00000625. The fraction of sp³-hybridized carbons (Fsp3) is 0.688. The second kappa shape index (κ2) is 12.9. The topological polar surface area (TPSA) is 83.0 Å². The third kappa shape index (κ3) is 8.98. The summed E-state index contributed by atoms with van der Waals surface area (Å²) in [5.41, 5.74) is 0. The van der Waals surface area contributed by atoms with Gasteiger partial charge < -0.3 is 15.4 Å². The fourth-order valence-corrected chi connectivity index (χ4v) is 4.33. The van der Waals surface area contributed by atoms with Crippen molar-refractivity contribution in [1.82, 2.24) is 14.9 Å². The largest absolute Gasteiger partial charge is 0.381 e. The number of thiophene rings is 1. The second-order valence-corrected chi connectivity index (χ2v) is 9.73. The van der Waals surface area contributed by atoms with E-state index in [1.807, 2.05) is 6.07 Å². The minimum Gasteiger partial charge on any atom is -0.381 e. The molecule has 0 amide bonds. The molecule has 1 rings (SSSR count). The Morgan fingerprint density at radius 3 is 2.58 bits per heavy atom. The van der Waals surface area contributed by atoms with Crippen molar-refractivity contribution in [2.45, 2.75) is 31.0 Å². The number of aliphatic imine (C=N–C) groups is 1. The van der Waals surface area contributed by atoms with Crippen molar-refractivity contribution < 1.29 is 13.2 Å². The zero-order valence-corrected chi connectivity index (χ0v) is 20.1. The predicted molar refractivity (Wildman–Crippen MR) is 119 cm³/mol. The summed E-state index contributed by atoms with van der Waals surface area (Å²) in [5.74, 6) is 1.24. The van der Waals surface area contributed by atoms with Crippen LogP contribution in [-0.4, -0.2) is 59.6 Å². The van der Waals surface area contributed by atoms with E-state index in [4.69, 9.17) is 4.74 Å². The number of sulfonamides is 1. The van der Waals surface area contributed by atoms with Gasteiger partial charge in [-0.3, -0.25) is 4.99 Å². The van der Waals surface area contributed by atoms with Crippen molar-refractivity contribution in [3.05, 3.63) is 17.0 Å². The van der Waals surface area contributed by atoms with Crippen molar-refractivity contribution in [3.63, 3.8) is 0 Å². The highest BCUT2D eigenvalue weighted by Crippen LogP contribution is 2.23. The van der Waals surface area contributed by atoms with Crippen LogP contribution < -0.4 is 10.6 Å². The number of rotatable bonds is 10. The molecule has 0 spiro atoms. The first-order chi connectivity index (χ1) is 11.8. The summed E-state index contributed by atoms with van der Waals surface area (Å²) in [7, 11) is 1.41. The zero-order chi connectivity index (χ0) is 18.9. The molecular weight excluding hydrogens is 487 g/mol. The van der Waals surface area contributed by atoms with Gasteiger partial charge in [0.1, 0.15) is 4.21 Å². The smallest absolute Gasteiger partial charge is 0.252 e. The maximum atomic E-state index is 12.1. The minimum absolute atomic E-state index is 0. The summed E-state index contributed by atoms with van der Waals surface area (Å²) in [6.45, 7) is 7.05. The molecule has 0 bridgehead atoms. The Labute approximate surface area is 178 Å². The van der Waals surface area contributed by atoms with E-state index < -0.39 is 10.0 Å². The number of hydrogen-bond donors (Lipinski definition) is 2. The Bertz CT molecular complexity index is 646. The van der Waals surface area contributed by atoms with Gasteiger partial charge >= 0.3 is 0 Å². The van der Waals surface area contributed by atoms with E-state index in [2.05, 4.69) is 29.5 Å². The van der Waals surface area contributed by atoms with Crippen molar-refractivity contribution >= 4 is 51.3 Å². The van der Waals surface area contributed by atoms with Gasteiger partial charge in [-0.25, -0.2) is 12.7 Å². The molecule has 0 saturated heterocycles. The lowest BCUT2D eigenvalue weighted by molar-refractivity contribution is 0.108. The highest BCUT2D eigenvalue weighted by Gasteiger charge is 2.19. The van der Waals surface area contributed by atoms with Crippen LogP contribution in [0, 0.1) is 5.92 Å². The fourth-order valence-electron chi connectivity index (χ4n) is 1.86. The van der Waals surface area contributed by atoms with Gasteiger partial charge in [0.05, 0.1) is 6.54 Å². The summed E-state index contributed by atoms with van der Waals surface area (Å²) >= 11 is 1.26.